The Morgan fingerprint density at radius 2 is 1.63 bits per heavy atom. The zero-order chi connectivity index (χ0) is 14.3. The molecule has 0 heterocycles. The predicted molar refractivity (Wildman–Crippen MR) is 74.8 cm³/mol. The first kappa shape index (κ1) is 16.0. The maximum atomic E-state index is 12.2. The molecule has 0 unspecified atom stereocenters. The van der Waals surface area contributed by atoms with E-state index in [2.05, 4.69) is 19.2 Å². The maximum absolute atomic E-state index is 12.2. The molecule has 1 saturated carbocycles. The standard InChI is InChI=1S/C15H27NO3/c1-3-5-11(6-4-2)14(17)16-13-9-7-12(8-10-13)15(18)19/h11-13H,3-10H2,1-2H3,(H,16,17)(H,18,19). The van der Waals surface area contributed by atoms with E-state index in [1.165, 1.54) is 0 Å². The summed E-state index contributed by atoms with van der Waals surface area (Å²) in [5, 5.41) is 12.1. The summed E-state index contributed by atoms with van der Waals surface area (Å²) in [4.78, 5) is 23.1. The Balaban J connectivity index is 2.38. The summed E-state index contributed by atoms with van der Waals surface area (Å²) >= 11 is 0. The molecular weight excluding hydrogens is 242 g/mol. The summed E-state index contributed by atoms with van der Waals surface area (Å²) in [5.41, 5.74) is 0. The molecule has 1 rings (SSSR count). The highest BCUT2D eigenvalue weighted by molar-refractivity contribution is 5.79. The first-order valence-electron chi connectivity index (χ1n) is 7.61. The quantitative estimate of drug-likeness (QED) is 0.746. The van der Waals surface area contributed by atoms with E-state index in [1.54, 1.807) is 0 Å². The van der Waals surface area contributed by atoms with Crippen LogP contribution in [0.5, 0.6) is 0 Å². The van der Waals surface area contributed by atoms with Gasteiger partial charge in [-0.15, -0.1) is 0 Å². The van der Waals surface area contributed by atoms with Crippen molar-refractivity contribution >= 4 is 11.9 Å². The molecule has 0 aromatic heterocycles. The molecule has 19 heavy (non-hydrogen) atoms. The topological polar surface area (TPSA) is 66.4 Å². The first-order valence-corrected chi connectivity index (χ1v) is 7.61. The number of hydrogen-bond donors (Lipinski definition) is 2. The summed E-state index contributed by atoms with van der Waals surface area (Å²) < 4.78 is 0. The monoisotopic (exact) mass is 269 g/mol. The molecule has 0 saturated heterocycles. The van der Waals surface area contributed by atoms with Gasteiger partial charge in [-0.1, -0.05) is 26.7 Å². The highest BCUT2D eigenvalue weighted by Crippen LogP contribution is 2.25. The van der Waals surface area contributed by atoms with Gasteiger partial charge in [-0.2, -0.15) is 0 Å². The fourth-order valence-electron chi connectivity index (χ4n) is 2.91. The Morgan fingerprint density at radius 1 is 1.11 bits per heavy atom. The van der Waals surface area contributed by atoms with Crippen LogP contribution in [0.3, 0.4) is 0 Å². The fraction of sp³-hybridized carbons (Fsp3) is 0.867. The molecule has 0 radical (unpaired) electrons. The van der Waals surface area contributed by atoms with E-state index in [4.69, 9.17) is 5.11 Å². The van der Waals surface area contributed by atoms with E-state index in [9.17, 15) is 9.59 Å². The van der Waals surface area contributed by atoms with E-state index in [1.807, 2.05) is 0 Å². The highest BCUT2D eigenvalue weighted by atomic mass is 16.4. The summed E-state index contributed by atoms with van der Waals surface area (Å²) in [6.45, 7) is 4.21. The number of aliphatic carboxylic acids is 1. The molecule has 1 fully saturated rings. The number of carbonyl (C=O) groups excluding carboxylic acids is 1. The third-order valence-electron chi connectivity index (χ3n) is 4.07. The van der Waals surface area contributed by atoms with Crippen molar-refractivity contribution in [3.8, 4) is 0 Å². The van der Waals surface area contributed by atoms with Gasteiger partial charge >= 0.3 is 5.97 Å². The largest absolute Gasteiger partial charge is 0.481 e. The number of carbonyl (C=O) groups is 2. The van der Waals surface area contributed by atoms with E-state index in [0.717, 1.165) is 38.5 Å². The average molecular weight is 269 g/mol. The Bertz CT molecular complexity index is 290. The van der Waals surface area contributed by atoms with Crippen LogP contribution >= 0.6 is 0 Å². The van der Waals surface area contributed by atoms with Gasteiger partial charge in [0.15, 0.2) is 0 Å². The minimum atomic E-state index is -0.695. The number of nitrogens with one attached hydrogen (secondary N) is 1. The van der Waals surface area contributed by atoms with Crippen LogP contribution in [0.15, 0.2) is 0 Å². The predicted octanol–water partition coefficient (Wildman–Crippen LogP) is 2.96. The number of carboxylic acid groups (broad SMARTS) is 1. The second-order valence-corrected chi connectivity index (χ2v) is 5.67. The second kappa shape index (κ2) is 8.18. The third kappa shape index (κ3) is 5.21. The van der Waals surface area contributed by atoms with E-state index >= 15 is 0 Å². The van der Waals surface area contributed by atoms with Gasteiger partial charge in [0.25, 0.3) is 0 Å². The molecule has 0 aromatic carbocycles. The second-order valence-electron chi connectivity index (χ2n) is 5.67. The lowest BCUT2D eigenvalue weighted by Gasteiger charge is -2.28. The highest BCUT2D eigenvalue weighted by Gasteiger charge is 2.28. The molecular formula is C15H27NO3. The molecule has 0 aromatic rings. The molecule has 1 amide bonds. The minimum Gasteiger partial charge on any atom is -0.481 e. The fourth-order valence-corrected chi connectivity index (χ4v) is 2.91. The van der Waals surface area contributed by atoms with Gasteiger partial charge in [-0.25, -0.2) is 0 Å². The zero-order valence-corrected chi connectivity index (χ0v) is 12.2. The minimum absolute atomic E-state index is 0.132. The van der Waals surface area contributed by atoms with Crippen molar-refractivity contribution in [3.05, 3.63) is 0 Å². The molecule has 2 N–H and O–H groups in total. The molecule has 0 spiro atoms. The van der Waals surface area contributed by atoms with Crippen molar-refractivity contribution in [2.45, 2.75) is 71.3 Å². The Kier molecular flexibility index (Phi) is 6.89. The van der Waals surface area contributed by atoms with Gasteiger partial charge < -0.3 is 10.4 Å². The van der Waals surface area contributed by atoms with Gasteiger partial charge in [0.05, 0.1) is 5.92 Å². The molecule has 1 aliphatic rings. The molecule has 0 bridgehead atoms. The summed E-state index contributed by atoms with van der Waals surface area (Å²) in [5.74, 6) is -0.607. The maximum Gasteiger partial charge on any atom is 0.306 e. The van der Waals surface area contributed by atoms with Crippen molar-refractivity contribution in [1.29, 1.82) is 0 Å². The number of amides is 1. The van der Waals surface area contributed by atoms with Crippen molar-refractivity contribution in [3.63, 3.8) is 0 Å². The Labute approximate surface area is 116 Å². The first-order chi connectivity index (χ1) is 9.08. The molecule has 0 aliphatic heterocycles. The molecule has 110 valence electrons. The van der Waals surface area contributed by atoms with Crippen LogP contribution < -0.4 is 5.32 Å². The van der Waals surface area contributed by atoms with Crippen LogP contribution in [-0.4, -0.2) is 23.0 Å². The van der Waals surface area contributed by atoms with Gasteiger partial charge in [-0.05, 0) is 38.5 Å². The van der Waals surface area contributed by atoms with Crippen molar-refractivity contribution in [2.75, 3.05) is 0 Å². The number of carboxylic acids is 1. The lowest BCUT2D eigenvalue weighted by atomic mass is 9.85. The van der Waals surface area contributed by atoms with E-state index < -0.39 is 5.97 Å². The van der Waals surface area contributed by atoms with Crippen LogP contribution in [0.1, 0.15) is 65.2 Å². The number of hydrogen-bond acceptors (Lipinski definition) is 2. The zero-order valence-electron chi connectivity index (χ0n) is 12.2. The molecule has 4 heteroatoms. The van der Waals surface area contributed by atoms with Gasteiger partial charge in [-0.3, -0.25) is 9.59 Å². The lowest BCUT2D eigenvalue weighted by Crippen LogP contribution is -2.41. The smallest absolute Gasteiger partial charge is 0.306 e. The van der Waals surface area contributed by atoms with E-state index in [-0.39, 0.29) is 23.8 Å². The molecule has 4 nitrogen and oxygen atoms in total. The SMILES string of the molecule is CCCC(CCC)C(=O)NC1CCC(C(=O)O)CC1. The van der Waals surface area contributed by atoms with Crippen LogP contribution in [0.2, 0.25) is 0 Å². The van der Waals surface area contributed by atoms with E-state index in [0.29, 0.717) is 12.8 Å². The third-order valence-corrected chi connectivity index (χ3v) is 4.07. The average Bonchev–Trinajstić information content (AvgIpc) is 2.39. The molecule has 0 atom stereocenters. The van der Waals surface area contributed by atoms with Crippen molar-refractivity contribution in [1.82, 2.24) is 5.32 Å². The summed E-state index contributed by atoms with van der Waals surface area (Å²) in [6.07, 6.45) is 6.93. The van der Waals surface area contributed by atoms with Crippen LogP contribution in [0.25, 0.3) is 0 Å². The normalized spacial score (nSPS) is 23.3. The van der Waals surface area contributed by atoms with Gasteiger partial charge in [0, 0.05) is 12.0 Å². The Hall–Kier alpha value is -1.06. The van der Waals surface area contributed by atoms with Crippen molar-refractivity contribution in [2.24, 2.45) is 11.8 Å². The lowest BCUT2D eigenvalue weighted by molar-refractivity contribution is -0.142. The van der Waals surface area contributed by atoms with Gasteiger partial charge in [0.1, 0.15) is 0 Å². The van der Waals surface area contributed by atoms with Gasteiger partial charge in [0.2, 0.25) is 5.91 Å². The summed E-state index contributed by atoms with van der Waals surface area (Å²) in [7, 11) is 0. The summed E-state index contributed by atoms with van der Waals surface area (Å²) in [6, 6.07) is 0.180. The van der Waals surface area contributed by atoms with Crippen LogP contribution in [0, 0.1) is 11.8 Å². The molecule has 1 aliphatic carbocycles. The number of rotatable bonds is 7. The Morgan fingerprint density at radius 3 is 2.05 bits per heavy atom. The van der Waals surface area contributed by atoms with Crippen molar-refractivity contribution < 1.29 is 14.7 Å². The van der Waals surface area contributed by atoms with Crippen LogP contribution in [-0.2, 0) is 9.59 Å². The van der Waals surface area contributed by atoms with Crippen LogP contribution in [0.4, 0.5) is 0 Å².